The maximum Gasteiger partial charge on any atom is 0.325 e. The molecule has 33 heavy (non-hydrogen) atoms. The van der Waals surface area contributed by atoms with E-state index in [1.807, 2.05) is 31.2 Å². The van der Waals surface area contributed by atoms with Gasteiger partial charge in [-0.3, -0.25) is 14.6 Å². The molecule has 0 unspecified atom stereocenters. The van der Waals surface area contributed by atoms with Crippen molar-refractivity contribution < 1.29 is 19.1 Å². The first-order valence-electron chi connectivity index (χ1n) is 11.8. The van der Waals surface area contributed by atoms with Crippen LogP contribution in [0.4, 0.5) is 4.79 Å². The molecule has 3 amide bonds. The zero-order chi connectivity index (χ0) is 23.0. The zero-order valence-corrected chi connectivity index (χ0v) is 20.0. The van der Waals surface area contributed by atoms with Crippen molar-refractivity contribution in [3.05, 3.63) is 46.2 Å². The lowest BCUT2D eigenvalue weighted by Crippen LogP contribution is -2.56. The number of para-hydroxylation sites is 2. The van der Waals surface area contributed by atoms with E-state index in [1.165, 1.54) is 15.3 Å². The number of likely N-dealkylation sites (tertiary alicyclic amines) is 1. The van der Waals surface area contributed by atoms with Crippen molar-refractivity contribution in [2.75, 3.05) is 26.2 Å². The minimum absolute atomic E-state index is 0.120. The van der Waals surface area contributed by atoms with Gasteiger partial charge < -0.3 is 14.8 Å². The normalized spacial score (nSPS) is 26.0. The van der Waals surface area contributed by atoms with Crippen LogP contribution in [-0.4, -0.2) is 59.6 Å². The second-order valence-corrected chi connectivity index (χ2v) is 10.2. The minimum atomic E-state index is -0.824. The van der Waals surface area contributed by atoms with Crippen LogP contribution in [0.25, 0.3) is 0 Å². The first-order chi connectivity index (χ1) is 16.0. The summed E-state index contributed by atoms with van der Waals surface area (Å²) in [5.41, 5.74) is 0.521. The Kier molecular flexibility index (Phi) is 6.05. The molecule has 1 aromatic heterocycles. The third-order valence-corrected chi connectivity index (χ3v) is 8.34. The Hall–Kier alpha value is -2.58. The number of nitrogens with one attached hydrogen (secondary N) is 1. The number of amides is 3. The molecular formula is C25H31N3O4S. The smallest absolute Gasteiger partial charge is 0.325 e. The van der Waals surface area contributed by atoms with Crippen LogP contribution in [0.2, 0.25) is 0 Å². The number of imide groups is 1. The molecule has 3 aliphatic rings. The van der Waals surface area contributed by atoms with Gasteiger partial charge in [0.05, 0.1) is 6.54 Å². The molecule has 4 heterocycles. The highest BCUT2D eigenvalue weighted by Gasteiger charge is 2.55. The number of ether oxygens (including phenoxy) is 2. The summed E-state index contributed by atoms with van der Waals surface area (Å²) in [6.07, 6.45) is 2.01. The highest BCUT2D eigenvalue weighted by atomic mass is 32.1. The minimum Gasteiger partial charge on any atom is -0.486 e. The molecule has 0 spiro atoms. The fourth-order valence-electron chi connectivity index (χ4n) is 5.33. The second kappa shape index (κ2) is 8.99. The molecule has 8 heteroatoms. The fraction of sp³-hybridized carbons (Fsp3) is 0.520. The lowest BCUT2D eigenvalue weighted by atomic mass is 9.75. The molecule has 2 atom stereocenters. The van der Waals surface area contributed by atoms with Gasteiger partial charge in [-0.15, -0.1) is 11.3 Å². The van der Waals surface area contributed by atoms with Gasteiger partial charge in [-0.25, -0.2) is 4.79 Å². The topological polar surface area (TPSA) is 71.1 Å². The number of urea groups is 1. The van der Waals surface area contributed by atoms with Gasteiger partial charge in [-0.05, 0) is 74.3 Å². The highest BCUT2D eigenvalue weighted by molar-refractivity contribution is 7.10. The van der Waals surface area contributed by atoms with Crippen molar-refractivity contribution >= 4 is 23.3 Å². The Morgan fingerprint density at radius 2 is 1.91 bits per heavy atom. The van der Waals surface area contributed by atoms with Gasteiger partial charge in [0.25, 0.3) is 5.91 Å². The molecule has 7 nitrogen and oxygen atoms in total. The molecule has 1 N–H and O–H groups in total. The summed E-state index contributed by atoms with van der Waals surface area (Å²) in [5.74, 6) is 1.35. The van der Waals surface area contributed by atoms with Crippen LogP contribution in [0.5, 0.6) is 11.5 Å². The van der Waals surface area contributed by atoms with E-state index >= 15 is 0 Å². The van der Waals surface area contributed by atoms with Crippen LogP contribution < -0.4 is 14.8 Å². The van der Waals surface area contributed by atoms with Gasteiger partial charge in [0.15, 0.2) is 17.6 Å². The van der Waals surface area contributed by atoms with Gasteiger partial charge in [0.1, 0.15) is 12.1 Å². The summed E-state index contributed by atoms with van der Waals surface area (Å²) >= 11 is 1.80. The monoisotopic (exact) mass is 469 g/mol. The third-order valence-electron chi connectivity index (χ3n) is 7.33. The molecule has 2 aromatic rings. The van der Waals surface area contributed by atoms with E-state index < -0.39 is 5.54 Å². The lowest BCUT2D eigenvalue weighted by Gasteiger charge is -2.40. The quantitative estimate of drug-likeness (QED) is 0.652. The van der Waals surface area contributed by atoms with Crippen molar-refractivity contribution in [2.24, 2.45) is 5.92 Å². The van der Waals surface area contributed by atoms with Gasteiger partial charge in [0.2, 0.25) is 0 Å². The number of hydrogen-bond acceptors (Lipinski definition) is 6. The Balaban J connectivity index is 1.23. The van der Waals surface area contributed by atoms with Gasteiger partial charge >= 0.3 is 6.03 Å². The number of aryl methyl sites for hydroxylation is 1. The zero-order valence-electron chi connectivity index (χ0n) is 19.2. The van der Waals surface area contributed by atoms with Crippen LogP contribution in [0.15, 0.2) is 35.7 Å². The molecule has 176 valence electrons. The summed E-state index contributed by atoms with van der Waals surface area (Å²) < 4.78 is 11.8. The summed E-state index contributed by atoms with van der Waals surface area (Å²) in [4.78, 5) is 31.7. The first kappa shape index (κ1) is 22.2. The van der Waals surface area contributed by atoms with E-state index in [1.54, 1.807) is 11.3 Å². The van der Waals surface area contributed by atoms with Crippen LogP contribution in [0.1, 0.15) is 36.6 Å². The Morgan fingerprint density at radius 1 is 1.15 bits per heavy atom. The molecular weight excluding hydrogens is 438 g/mol. The number of thiophene rings is 1. The van der Waals surface area contributed by atoms with E-state index in [-0.39, 0.29) is 30.5 Å². The van der Waals surface area contributed by atoms with Crippen molar-refractivity contribution in [2.45, 2.75) is 51.3 Å². The number of fused-ring (bicyclic) bond motifs is 1. The fourth-order valence-corrected chi connectivity index (χ4v) is 6.27. The predicted molar refractivity (Wildman–Crippen MR) is 127 cm³/mol. The van der Waals surface area contributed by atoms with Crippen molar-refractivity contribution in [3.63, 3.8) is 0 Å². The number of benzene rings is 1. The number of hydrogen-bond donors (Lipinski definition) is 1. The summed E-state index contributed by atoms with van der Waals surface area (Å²) in [5, 5.41) is 5.23. The number of carbonyl (C=O) groups is 2. The van der Waals surface area contributed by atoms with Crippen LogP contribution in [-0.2, 0) is 11.3 Å². The largest absolute Gasteiger partial charge is 0.486 e. The van der Waals surface area contributed by atoms with Gasteiger partial charge in [-0.2, -0.15) is 0 Å². The summed E-state index contributed by atoms with van der Waals surface area (Å²) in [6, 6.07) is 9.32. The molecule has 0 bridgehead atoms. The number of piperidine rings is 1. The highest BCUT2D eigenvalue weighted by Crippen LogP contribution is 2.37. The van der Waals surface area contributed by atoms with Crippen molar-refractivity contribution in [1.29, 1.82) is 0 Å². The first-order valence-corrected chi connectivity index (χ1v) is 12.7. The summed E-state index contributed by atoms with van der Waals surface area (Å²) in [7, 11) is 0. The van der Waals surface area contributed by atoms with E-state index in [2.05, 4.69) is 28.6 Å². The van der Waals surface area contributed by atoms with Crippen molar-refractivity contribution in [1.82, 2.24) is 15.1 Å². The Labute approximate surface area is 198 Å². The summed E-state index contributed by atoms with van der Waals surface area (Å²) in [6.45, 7) is 7.49. The molecule has 0 radical (unpaired) electrons. The SMILES string of the molecule is CC[C@@]1(C2CCN(Cc3sccc3C)CC2)NC(=O)N(C[C@H]2COc3ccccc3O2)C1=O. The van der Waals surface area contributed by atoms with E-state index in [9.17, 15) is 9.59 Å². The Morgan fingerprint density at radius 3 is 2.61 bits per heavy atom. The molecule has 5 rings (SSSR count). The average Bonchev–Trinajstić information content (AvgIpc) is 3.35. The second-order valence-electron chi connectivity index (χ2n) is 9.25. The van der Waals surface area contributed by atoms with Gasteiger partial charge in [0, 0.05) is 11.4 Å². The number of carbonyl (C=O) groups excluding carboxylic acids is 2. The standard InChI is InChI=1S/C25H31N3O4S/c1-3-25(18-8-11-27(12-9-18)15-22-17(2)10-13-33-22)23(29)28(24(30)26-25)14-19-16-31-20-6-4-5-7-21(20)32-19/h4-7,10,13,18-19H,3,8-9,11-12,14-16H2,1-2H3,(H,26,30)/t19-,25-/m0/s1. The third kappa shape index (κ3) is 4.10. The number of rotatable bonds is 6. The molecule has 0 aliphatic carbocycles. The molecule has 2 saturated heterocycles. The molecule has 2 fully saturated rings. The molecule has 1 aromatic carbocycles. The number of nitrogens with zero attached hydrogens (tertiary/aromatic N) is 2. The average molecular weight is 470 g/mol. The molecule has 0 saturated carbocycles. The van der Waals surface area contributed by atoms with Crippen LogP contribution in [0, 0.1) is 12.8 Å². The van der Waals surface area contributed by atoms with E-state index in [4.69, 9.17) is 9.47 Å². The van der Waals surface area contributed by atoms with Crippen LogP contribution in [0.3, 0.4) is 0 Å². The van der Waals surface area contributed by atoms with E-state index in [0.29, 0.717) is 24.5 Å². The van der Waals surface area contributed by atoms with E-state index in [0.717, 1.165) is 32.5 Å². The van der Waals surface area contributed by atoms with Crippen LogP contribution >= 0.6 is 11.3 Å². The molecule has 3 aliphatic heterocycles. The van der Waals surface area contributed by atoms with Crippen molar-refractivity contribution in [3.8, 4) is 11.5 Å². The predicted octanol–water partition coefficient (Wildman–Crippen LogP) is 3.81. The maximum absolute atomic E-state index is 13.6. The Bertz CT molecular complexity index is 1030. The lowest BCUT2D eigenvalue weighted by molar-refractivity contribution is -0.135. The van der Waals surface area contributed by atoms with Gasteiger partial charge in [-0.1, -0.05) is 19.1 Å². The maximum atomic E-state index is 13.6.